The lowest BCUT2D eigenvalue weighted by molar-refractivity contribution is 0.0642. The van der Waals surface area contributed by atoms with Crippen molar-refractivity contribution in [1.29, 1.82) is 0 Å². The molecule has 0 bridgehead atoms. The molecule has 0 atom stereocenters. The fraction of sp³-hybridized carbons (Fsp3) is 0.478. The van der Waals surface area contributed by atoms with E-state index in [4.69, 9.17) is 27.9 Å². The zero-order valence-corrected chi connectivity index (χ0v) is 18.4. The summed E-state index contributed by atoms with van der Waals surface area (Å²) in [5.74, 6) is 1.52. The monoisotopic (exact) mass is 447 g/mol. The van der Waals surface area contributed by atoms with Gasteiger partial charge in [0.2, 0.25) is 0 Å². The van der Waals surface area contributed by atoms with E-state index in [0.717, 1.165) is 50.1 Å². The normalized spacial score (nSPS) is 17.8. The van der Waals surface area contributed by atoms with E-state index in [2.05, 4.69) is 15.6 Å². The second kappa shape index (κ2) is 9.99. The van der Waals surface area contributed by atoms with E-state index in [1.165, 1.54) is 12.8 Å². The molecule has 2 aliphatic rings. The topological polar surface area (TPSA) is 63.2 Å². The van der Waals surface area contributed by atoms with Crippen LogP contribution in [0.15, 0.2) is 30.5 Å². The molecule has 1 aromatic carbocycles. The highest BCUT2D eigenvalue weighted by atomic mass is 35.5. The molecule has 1 aliphatic heterocycles. The van der Waals surface area contributed by atoms with Gasteiger partial charge in [-0.05, 0) is 67.3 Å². The summed E-state index contributed by atoms with van der Waals surface area (Å²) in [6, 6.07) is 7.31. The van der Waals surface area contributed by atoms with Gasteiger partial charge in [-0.2, -0.15) is 0 Å². The van der Waals surface area contributed by atoms with E-state index in [1.54, 1.807) is 18.3 Å². The smallest absolute Gasteiger partial charge is 0.253 e. The molecule has 160 valence electrons. The highest BCUT2D eigenvalue weighted by Gasteiger charge is 2.24. The molecule has 30 heavy (non-hydrogen) atoms. The first kappa shape index (κ1) is 21.4. The number of hydrogen-bond acceptors (Lipinski definition) is 4. The number of rotatable bonds is 6. The summed E-state index contributed by atoms with van der Waals surface area (Å²) in [5.41, 5.74) is 2.49. The van der Waals surface area contributed by atoms with Gasteiger partial charge in [0, 0.05) is 31.0 Å². The van der Waals surface area contributed by atoms with Gasteiger partial charge in [0.15, 0.2) is 0 Å². The van der Waals surface area contributed by atoms with Crippen molar-refractivity contribution in [2.45, 2.75) is 44.4 Å². The van der Waals surface area contributed by atoms with E-state index in [-0.39, 0.29) is 5.91 Å². The molecule has 4 rings (SSSR count). The lowest BCUT2D eigenvalue weighted by Gasteiger charge is -2.23. The summed E-state index contributed by atoms with van der Waals surface area (Å²) in [6.07, 6.45) is 8.29. The van der Waals surface area contributed by atoms with Crippen LogP contribution in [0, 0.1) is 5.92 Å². The molecule has 5 nitrogen and oxygen atoms in total. The molecule has 7 heteroatoms. The average Bonchev–Trinajstić information content (AvgIpc) is 3.29. The number of carbonyl (C=O) groups is 1. The summed E-state index contributed by atoms with van der Waals surface area (Å²) in [4.78, 5) is 17.5. The van der Waals surface area contributed by atoms with E-state index in [1.807, 2.05) is 12.1 Å². The van der Waals surface area contributed by atoms with Crippen LogP contribution in [0.2, 0.25) is 10.0 Å². The molecule has 0 radical (unpaired) electrons. The van der Waals surface area contributed by atoms with Gasteiger partial charge in [-0.1, -0.05) is 36.0 Å². The Kier molecular flexibility index (Phi) is 7.13. The van der Waals surface area contributed by atoms with Crippen LogP contribution in [0.25, 0.3) is 0 Å². The van der Waals surface area contributed by atoms with Crippen molar-refractivity contribution in [2.75, 3.05) is 25.1 Å². The third-order valence-corrected chi connectivity index (χ3v) is 6.61. The molecule has 1 saturated carbocycles. The number of nitrogens with one attached hydrogen (secondary N) is 2. The Morgan fingerprint density at radius 2 is 1.87 bits per heavy atom. The second-order valence-corrected chi connectivity index (χ2v) is 9.00. The fourth-order valence-corrected chi connectivity index (χ4v) is 4.77. The molecule has 2 fully saturated rings. The van der Waals surface area contributed by atoms with E-state index >= 15 is 0 Å². The van der Waals surface area contributed by atoms with Gasteiger partial charge in [0.25, 0.3) is 5.91 Å². The van der Waals surface area contributed by atoms with E-state index < -0.39 is 0 Å². The van der Waals surface area contributed by atoms with Crippen LogP contribution < -0.4 is 10.6 Å². The number of aromatic nitrogens is 1. The number of halogens is 2. The lowest BCUT2D eigenvalue weighted by Crippen LogP contribution is -2.33. The quantitative estimate of drug-likeness (QED) is 0.574. The average molecular weight is 448 g/mol. The highest BCUT2D eigenvalue weighted by Crippen LogP contribution is 2.37. The molecule has 1 aromatic heterocycles. The van der Waals surface area contributed by atoms with Crippen LogP contribution in [0.1, 0.15) is 60.4 Å². The third-order valence-electron chi connectivity index (χ3n) is 6.06. The van der Waals surface area contributed by atoms with Crippen LogP contribution in [0.3, 0.4) is 0 Å². The molecule has 2 heterocycles. The number of anilines is 2. The minimum Gasteiger partial charge on any atom is -0.381 e. The first-order valence-electron chi connectivity index (χ1n) is 10.7. The van der Waals surface area contributed by atoms with Gasteiger partial charge < -0.3 is 15.4 Å². The van der Waals surface area contributed by atoms with Crippen LogP contribution >= 0.6 is 23.2 Å². The summed E-state index contributed by atoms with van der Waals surface area (Å²) >= 11 is 12.3. The van der Waals surface area contributed by atoms with Gasteiger partial charge in [0.05, 0.1) is 16.3 Å². The van der Waals surface area contributed by atoms with Gasteiger partial charge in [-0.15, -0.1) is 0 Å². The number of carbonyl (C=O) groups excluding carboxylic acids is 1. The maximum Gasteiger partial charge on any atom is 0.253 e. The number of benzene rings is 1. The number of amides is 1. The molecule has 2 aromatic rings. The Morgan fingerprint density at radius 3 is 2.60 bits per heavy atom. The summed E-state index contributed by atoms with van der Waals surface area (Å²) < 4.78 is 5.41. The first-order chi connectivity index (χ1) is 14.6. The van der Waals surface area contributed by atoms with Crippen molar-refractivity contribution in [2.24, 2.45) is 5.92 Å². The molecule has 2 N–H and O–H groups in total. The lowest BCUT2D eigenvalue weighted by atomic mass is 9.93. The number of pyridine rings is 1. The molecule has 1 saturated heterocycles. The molecule has 0 spiro atoms. The highest BCUT2D eigenvalue weighted by molar-refractivity contribution is 6.36. The van der Waals surface area contributed by atoms with Crippen LogP contribution in [0.5, 0.6) is 0 Å². The molecular weight excluding hydrogens is 421 g/mol. The Hall–Kier alpha value is -1.82. The van der Waals surface area contributed by atoms with Gasteiger partial charge in [-0.25, -0.2) is 4.98 Å². The van der Waals surface area contributed by atoms with Gasteiger partial charge in [0.1, 0.15) is 5.82 Å². The standard InChI is InChI=1S/C23H27Cl2N3O2/c24-17-5-6-21(20(25)11-17)28-22-12-18(16-3-1-2-4-16)19(14-26-22)23(29)27-13-15-7-9-30-10-8-15/h5-6,11-12,14-16H,1-4,7-10,13H2,(H,26,28)(H,27,29). The molecular formula is C23H27Cl2N3O2. The largest absolute Gasteiger partial charge is 0.381 e. The zero-order valence-electron chi connectivity index (χ0n) is 16.9. The molecule has 1 amide bonds. The number of ether oxygens (including phenoxy) is 1. The van der Waals surface area contributed by atoms with Crippen molar-refractivity contribution in [3.8, 4) is 0 Å². The number of nitrogens with zero attached hydrogens (tertiary/aromatic N) is 1. The molecule has 0 unspecified atom stereocenters. The zero-order chi connectivity index (χ0) is 20.9. The predicted octanol–water partition coefficient (Wildman–Crippen LogP) is 5.95. The Balaban J connectivity index is 1.53. The van der Waals surface area contributed by atoms with Crippen molar-refractivity contribution < 1.29 is 9.53 Å². The van der Waals surface area contributed by atoms with E-state index in [9.17, 15) is 4.79 Å². The Morgan fingerprint density at radius 1 is 1.10 bits per heavy atom. The van der Waals surface area contributed by atoms with Crippen molar-refractivity contribution >= 4 is 40.6 Å². The Labute approximate surface area is 187 Å². The van der Waals surface area contributed by atoms with E-state index in [0.29, 0.717) is 39.8 Å². The van der Waals surface area contributed by atoms with Crippen molar-refractivity contribution in [3.63, 3.8) is 0 Å². The van der Waals surface area contributed by atoms with Crippen molar-refractivity contribution in [3.05, 3.63) is 51.6 Å². The van der Waals surface area contributed by atoms with Crippen LogP contribution in [-0.4, -0.2) is 30.6 Å². The SMILES string of the molecule is O=C(NCC1CCOCC1)c1cnc(Nc2ccc(Cl)cc2Cl)cc1C1CCCC1. The molecule has 1 aliphatic carbocycles. The maximum atomic E-state index is 13.0. The first-order valence-corrected chi connectivity index (χ1v) is 11.4. The minimum absolute atomic E-state index is 0.0352. The van der Waals surface area contributed by atoms with Crippen LogP contribution in [-0.2, 0) is 4.74 Å². The Bertz CT molecular complexity index is 894. The van der Waals surface area contributed by atoms with Crippen molar-refractivity contribution in [1.82, 2.24) is 10.3 Å². The van der Waals surface area contributed by atoms with Gasteiger partial charge >= 0.3 is 0 Å². The summed E-state index contributed by atoms with van der Waals surface area (Å²) in [6.45, 7) is 2.25. The van der Waals surface area contributed by atoms with Gasteiger partial charge in [-0.3, -0.25) is 4.79 Å². The predicted molar refractivity (Wildman–Crippen MR) is 121 cm³/mol. The summed E-state index contributed by atoms with van der Waals surface area (Å²) in [5, 5.41) is 7.51. The third kappa shape index (κ3) is 5.26. The fourth-order valence-electron chi connectivity index (χ4n) is 4.32. The van der Waals surface area contributed by atoms with Crippen LogP contribution in [0.4, 0.5) is 11.5 Å². The minimum atomic E-state index is -0.0352. The maximum absolute atomic E-state index is 13.0. The summed E-state index contributed by atoms with van der Waals surface area (Å²) in [7, 11) is 0. The second-order valence-electron chi connectivity index (χ2n) is 8.15. The number of hydrogen-bond donors (Lipinski definition) is 2.